The molecule has 0 spiro atoms. The van der Waals surface area contributed by atoms with Crippen molar-refractivity contribution in [3.05, 3.63) is 29.8 Å². The van der Waals surface area contributed by atoms with Crippen molar-refractivity contribution in [2.24, 2.45) is 0 Å². The van der Waals surface area contributed by atoms with Crippen LogP contribution in [-0.4, -0.2) is 46.5 Å². The number of ether oxygens (including phenoxy) is 1. The van der Waals surface area contributed by atoms with Gasteiger partial charge in [-0.25, -0.2) is 10.5 Å². The maximum Gasteiger partial charge on any atom is 0.290 e. The zero-order chi connectivity index (χ0) is 16.2. The van der Waals surface area contributed by atoms with Crippen LogP contribution in [0.3, 0.4) is 0 Å². The highest BCUT2D eigenvalue weighted by molar-refractivity contribution is 5.96. The predicted octanol–water partition coefficient (Wildman–Crippen LogP) is 1.01. The molecule has 8 heteroatoms. The lowest BCUT2D eigenvalue weighted by atomic mass is 10.2. The summed E-state index contributed by atoms with van der Waals surface area (Å²) in [5.74, 6) is -0.467. The van der Waals surface area contributed by atoms with Gasteiger partial charge in [-0.3, -0.25) is 14.2 Å². The topological polar surface area (TPSA) is 85.6 Å². The lowest BCUT2D eigenvalue weighted by Crippen LogP contribution is -2.25. The summed E-state index contributed by atoms with van der Waals surface area (Å²) in [4.78, 5) is 20.6. The first-order chi connectivity index (χ1) is 11.2. The summed E-state index contributed by atoms with van der Waals surface area (Å²) in [5, 5.41) is 8.62. The molecule has 2 N–H and O–H groups in total. The maximum absolute atomic E-state index is 14.1. The average molecular weight is 323 g/mol. The van der Waals surface area contributed by atoms with Gasteiger partial charge in [-0.15, -0.1) is 0 Å². The van der Waals surface area contributed by atoms with E-state index in [0.717, 1.165) is 12.8 Å². The van der Waals surface area contributed by atoms with E-state index >= 15 is 0 Å². The molecule has 2 aromatic rings. The average Bonchev–Trinajstić information content (AvgIpc) is 3.16. The number of hydroxylamine groups is 1. The predicted molar refractivity (Wildman–Crippen MR) is 79.2 cm³/mol. The molecule has 1 aromatic heterocycles. The quantitative estimate of drug-likeness (QED) is 0.612. The van der Waals surface area contributed by atoms with Gasteiger partial charge in [0, 0.05) is 12.2 Å². The fourth-order valence-electron chi connectivity index (χ4n) is 2.62. The van der Waals surface area contributed by atoms with Gasteiger partial charge in [0.2, 0.25) is 0 Å². The number of nitrogens with one attached hydrogen (secondary N) is 1. The molecular weight excluding hydrogens is 305 g/mol. The second-order valence-electron chi connectivity index (χ2n) is 5.33. The van der Waals surface area contributed by atoms with Gasteiger partial charge in [-0.05, 0) is 31.0 Å². The number of nitrogens with zero attached hydrogens (tertiary/aromatic N) is 2. The van der Waals surface area contributed by atoms with E-state index in [1.165, 1.54) is 4.57 Å². The van der Waals surface area contributed by atoms with Crippen molar-refractivity contribution in [3.63, 3.8) is 0 Å². The molecule has 1 saturated heterocycles. The van der Waals surface area contributed by atoms with Gasteiger partial charge in [0.05, 0.1) is 36.9 Å². The smallest absolute Gasteiger partial charge is 0.290 e. The van der Waals surface area contributed by atoms with Crippen molar-refractivity contribution < 1.29 is 23.9 Å². The molecule has 23 heavy (non-hydrogen) atoms. The van der Waals surface area contributed by atoms with Crippen LogP contribution in [0.5, 0.6) is 0 Å². The van der Waals surface area contributed by atoms with E-state index in [9.17, 15) is 9.18 Å². The van der Waals surface area contributed by atoms with Crippen molar-refractivity contribution in [1.29, 1.82) is 0 Å². The fraction of sp³-hybridized carbons (Fsp3) is 0.467. The van der Waals surface area contributed by atoms with Crippen LogP contribution in [0.2, 0.25) is 0 Å². The van der Waals surface area contributed by atoms with Crippen molar-refractivity contribution in [1.82, 2.24) is 15.0 Å². The van der Waals surface area contributed by atoms with E-state index in [-0.39, 0.29) is 19.3 Å². The Labute approximate surface area is 132 Å². The molecule has 0 aliphatic carbocycles. The van der Waals surface area contributed by atoms with E-state index in [0.29, 0.717) is 29.7 Å². The Morgan fingerprint density at radius 1 is 1.57 bits per heavy atom. The molecule has 0 radical (unpaired) electrons. The Morgan fingerprint density at radius 3 is 3.17 bits per heavy atom. The molecule has 3 rings (SSSR count). The molecule has 0 saturated carbocycles. The van der Waals surface area contributed by atoms with Gasteiger partial charge in [0.15, 0.2) is 0 Å². The summed E-state index contributed by atoms with van der Waals surface area (Å²) in [6.07, 6.45) is 1.22. The van der Waals surface area contributed by atoms with E-state index in [1.54, 1.807) is 18.2 Å². The molecule has 1 fully saturated rings. The zero-order valence-corrected chi connectivity index (χ0v) is 12.5. The summed E-state index contributed by atoms with van der Waals surface area (Å²) < 4.78 is 21.0. The molecule has 1 amide bonds. The summed E-state index contributed by atoms with van der Waals surface area (Å²) in [7, 11) is 0. The fourth-order valence-corrected chi connectivity index (χ4v) is 2.62. The molecular formula is C15H18FN3O4. The highest BCUT2D eigenvalue weighted by Crippen LogP contribution is 2.21. The number of hydrogen-bond donors (Lipinski definition) is 2. The highest BCUT2D eigenvalue weighted by atomic mass is 19.1. The second-order valence-corrected chi connectivity index (χ2v) is 5.33. The number of benzene rings is 1. The number of aromatic nitrogens is 2. The second kappa shape index (κ2) is 7.03. The standard InChI is InChI=1S/C15H18FN3O4/c16-15-17-12-4-3-10(14(21)18-23-7-5-20)8-13(12)19(15)9-11-2-1-6-22-11/h3-4,8,11,20H,1-2,5-7,9H2,(H,18,21). The molecule has 1 atom stereocenters. The monoisotopic (exact) mass is 323 g/mol. The van der Waals surface area contributed by atoms with Gasteiger partial charge in [0.1, 0.15) is 0 Å². The molecule has 2 heterocycles. The number of amides is 1. The molecule has 1 aliphatic heterocycles. The lowest BCUT2D eigenvalue weighted by molar-refractivity contribution is 0.0168. The Hall–Kier alpha value is -2.03. The third kappa shape index (κ3) is 3.49. The van der Waals surface area contributed by atoms with Gasteiger partial charge >= 0.3 is 0 Å². The highest BCUT2D eigenvalue weighted by Gasteiger charge is 2.20. The summed E-state index contributed by atoms with van der Waals surface area (Å²) in [6.45, 7) is 0.863. The van der Waals surface area contributed by atoms with Crippen LogP contribution in [0.25, 0.3) is 11.0 Å². The molecule has 124 valence electrons. The van der Waals surface area contributed by atoms with E-state index < -0.39 is 12.0 Å². The number of carbonyl (C=O) groups excluding carboxylic acids is 1. The number of fused-ring (bicyclic) bond motifs is 1. The van der Waals surface area contributed by atoms with Crippen molar-refractivity contribution >= 4 is 16.9 Å². The molecule has 0 bridgehead atoms. The SMILES string of the molecule is O=C(NOCCO)c1ccc2nc(F)n(CC3CCCO3)c2c1. The zero-order valence-electron chi connectivity index (χ0n) is 12.5. The lowest BCUT2D eigenvalue weighted by Gasteiger charge is -2.11. The minimum Gasteiger partial charge on any atom is -0.394 e. The molecule has 1 aliphatic rings. The van der Waals surface area contributed by atoms with Gasteiger partial charge in [-0.2, -0.15) is 4.39 Å². The van der Waals surface area contributed by atoms with Crippen LogP contribution in [0.1, 0.15) is 23.2 Å². The largest absolute Gasteiger partial charge is 0.394 e. The third-order valence-electron chi connectivity index (χ3n) is 3.73. The number of imidazole rings is 1. The Kier molecular flexibility index (Phi) is 4.85. The first-order valence-electron chi connectivity index (χ1n) is 7.49. The number of halogens is 1. The van der Waals surface area contributed by atoms with Crippen molar-refractivity contribution in [3.8, 4) is 0 Å². The molecule has 1 aromatic carbocycles. The number of rotatable bonds is 6. The van der Waals surface area contributed by atoms with Gasteiger partial charge < -0.3 is 9.84 Å². The van der Waals surface area contributed by atoms with Crippen LogP contribution in [-0.2, 0) is 16.1 Å². The maximum atomic E-state index is 14.1. The van der Waals surface area contributed by atoms with Crippen molar-refractivity contribution in [2.75, 3.05) is 19.8 Å². The van der Waals surface area contributed by atoms with E-state index in [4.69, 9.17) is 14.7 Å². The summed E-state index contributed by atoms with van der Waals surface area (Å²) >= 11 is 0. The first kappa shape index (κ1) is 15.9. The van der Waals surface area contributed by atoms with Crippen LogP contribution >= 0.6 is 0 Å². The number of hydrogen-bond acceptors (Lipinski definition) is 5. The van der Waals surface area contributed by atoms with Crippen LogP contribution in [0, 0.1) is 6.08 Å². The molecule has 1 unspecified atom stereocenters. The van der Waals surface area contributed by atoms with E-state index in [2.05, 4.69) is 10.5 Å². The minimum absolute atomic E-state index is 0.000433. The third-order valence-corrected chi connectivity index (χ3v) is 3.73. The minimum atomic E-state index is -0.593. The van der Waals surface area contributed by atoms with E-state index in [1.807, 2.05) is 0 Å². The summed E-state index contributed by atoms with van der Waals surface area (Å²) in [5.41, 5.74) is 3.55. The van der Waals surface area contributed by atoms with Crippen LogP contribution < -0.4 is 5.48 Å². The Balaban J connectivity index is 1.83. The Bertz CT molecular complexity index is 697. The normalized spacial score (nSPS) is 17.7. The number of aliphatic hydroxyl groups is 1. The van der Waals surface area contributed by atoms with Crippen LogP contribution in [0.15, 0.2) is 18.2 Å². The first-order valence-corrected chi connectivity index (χ1v) is 7.49. The van der Waals surface area contributed by atoms with Gasteiger partial charge in [0.25, 0.3) is 12.0 Å². The van der Waals surface area contributed by atoms with Crippen molar-refractivity contribution in [2.45, 2.75) is 25.5 Å². The number of aliphatic hydroxyl groups excluding tert-OH is 1. The molecule has 7 nitrogen and oxygen atoms in total. The Morgan fingerprint density at radius 2 is 2.43 bits per heavy atom. The number of carbonyl (C=O) groups is 1. The summed E-state index contributed by atoms with van der Waals surface area (Å²) in [6, 6.07) is 4.70. The van der Waals surface area contributed by atoms with Crippen LogP contribution in [0.4, 0.5) is 4.39 Å². The van der Waals surface area contributed by atoms with Gasteiger partial charge in [-0.1, -0.05) is 0 Å².